The Morgan fingerprint density at radius 3 is 2.68 bits per heavy atom. The van der Waals surface area contributed by atoms with Gasteiger partial charge in [-0.2, -0.15) is 5.10 Å². The van der Waals surface area contributed by atoms with E-state index in [1.807, 2.05) is 18.2 Å². The van der Waals surface area contributed by atoms with Crippen LogP contribution in [0.2, 0.25) is 0 Å². The van der Waals surface area contributed by atoms with Crippen LogP contribution in [0.3, 0.4) is 0 Å². The number of fused-ring (bicyclic) bond motifs is 1. The molecule has 0 saturated carbocycles. The van der Waals surface area contributed by atoms with E-state index >= 15 is 0 Å². The van der Waals surface area contributed by atoms with Gasteiger partial charge in [0.05, 0.1) is 17.1 Å². The number of anilines is 1. The molecule has 0 atom stereocenters. The number of benzene rings is 1. The first kappa shape index (κ1) is 11.9. The number of aryl methyl sites for hydroxylation is 2. The Hall–Kier alpha value is -2.17. The summed E-state index contributed by atoms with van der Waals surface area (Å²) in [6.07, 6.45) is 4.34. The van der Waals surface area contributed by atoms with Crippen LogP contribution in [0.5, 0.6) is 5.75 Å². The van der Waals surface area contributed by atoms with E-state index in [1.165, 1.54) is 12.8 Å². The molecule has 5 nitrogen and oxygen atoms in total. The summed E-state index contributed by atoms with van der Waals surface area (Å²) in [6, 6.07) is 7.40. The highest BCUT2D eigenvalue weighted by molar-refractivity contribution is 5.51. The lowest BCUT2D eigenvalue weighted by Crippen LogP contribution is -2.13. The van der Waals surface area contributed by atoms with Gasteiger partial charge in [-0.15, -0.1) is 5.10 Å². The van der Waals surface area contributed by atoms with Crippen LogP contribution in [0, 0.1) is 0 Å². The molecule has 19 heavy (non-hydrogen) atoms. The molecule has 2 N–H and O–H groups in total. The van der Waals surface area contributed by atoms with Crippen LogP contribution < -0.4 is 10.5 Å². The van der Waals surface area contributed by atoms with E-state index in [0.29, 0.717) is 23.9 Å². The summed E-state index contributed by atoms with van der Waals surface area (Å²) in [4.78, 5) is 4.52. The summed E-state index contributed by atoms with van der Waals surface area (Å²) in [5.74, 6) is 1.27. The lowest BCUT2D eigenvalue weighted by molar-refractivity contribution is 0.294. The molecule has 1 aromatic carbocycles. The minimum Gasteiger partial charge on any atom is -0.483 e. The van der Waals surface area contributed by atoms with Gasteiger partial charge in [0.1, 0.15) is 12.4 Å². The number of ether oxygens (including phenoxy) is 1. The highest BCUT2D eigenvalue weighted by atomic mass is 16.5. The van der Waals surface area contributed by atoms with Gasteiger partial charge in [0, 0.05) is 0 Å². The molecule has 0 unspecified atom stereocenters. The van der Waals surface area contributed by atoms with Gasteiger partial charge in [-0.3, -0.25) is 0 Å². The number of aromatic nitrogens is 3. The standard InChI is InChI=1S/C14H16N4O/c15-10-5-1-4-8-13(10)19-9-14-16-11-6-2-3-7-12(11)17-18-14/h1,4-5,8H,2-3,6-7,9,15H2. The van der Waals surface area contributed by atoms with Crippen molar-refractivity contribution >= 4 is 5.69 Å². The second-order valence-electron chi connectivity index (χ2n) is 4.66. The average molecular weight is 256 g/mol. The Balaban J connectivity index is 1.72. The van der Waals surface area contributed by atoms with Crippen molar-refractivity contribution in [2.24, 2.45) is 0 Å². The maximum atomic E-state index is 5.81. The smallest absolute Gasteiger partial charge is 0.189 e. The van der Waals surface area contributed by atoms with E-state index < -0.39 is 0 Å². The summed E-state index contributed by atoms with van der Waals surface area (Å²) in [6.45, 7) is 0.300. The molecule has 2 aromatic rings. The first-order valence-corrected chi connectivity index (χ1v) is 6.51. The molecule has 1 heterocycles. The minimum absolute atomic E-state index is 0.300. The van der Waals surface area contributed by atoms with Crippen LogP contribution in [0.4, 0.5) is 5.69 Å². The van der Waals surface area contributed by atoms with Crippen LogP contribution in [-0.4, -0.2) is 15.2 Å². The number of hydrogen-bond donors (Lipinski definition) is 1. The predicted molar refractivity (Wildman–Crippen MR) is 71.7 cm³/mol. The highest BCUT2D eigenvalue weighted by Gasteiger charge is 2.13. The molecule has 0 aliphatic heterocycles. The van der Waals surface area contributed by atoms with E-state index in [-0.39, 0.29) is 0 Å². The monoisotopic (exact) mass is 256 g/mol. The van der Waals surface area contributed by atoms with Crippen molar-refractivity contribution in [1.82, 2.24) is 15.2 Å². The fourth-order valence-corrected chi connectivity index (χ4v) is 2.21. The SMILES string of the molecule is Nc1ccccc1OCc1nnc2c(n1)CCCC2. The van der Waals surface area contributed by atoms with E-state index in [2.05, 4.69) is 15.2 Å². The maximum absolute atomic E-state index is 5.81. The summed E-state index contributed by atoms with van der Waals surface area (Å²) in [5.41, 5.74) is 8.54. The van der Waals surface area contributed by atoms with Crippen LogP contribution in [0.25, 0.3) is 0 Å². The average Bonchev–Trinajstić information content (AvgIpc) is 2.46. The largest absolute Gasteiger partial charge is 0.483 e. The number of hydrogen-bond acceptors (Lipinski definition) is 5. The summed E-state index contributed by atoms with van der Waals surface area (Å²) in [7, 11) is 0. The Labute approximate surface area is 111 Å². The molecule has 5 heteroatoms. The minimum atomic E-state index is 0.300. The van der Waals surface area contributed by atoms with Crippen molar-refractivity contribution in [2.45, 2.75) is 32.3 Å². The molecule has 1 aliphatic rings. The molecule has 0 radical (unpaired) electrons. The van der Waals surface area contributed by atoms with Gasteiger partial charge in [-0.05, 0) is 37.8 Å². The number of para-hydroxylation sites is 2. The first-order valence-electron chi connectivity index (χ1n) is 6.51. The third-order valence-corrected chi connectivity index (χ3v) is 3.24. The van der Waals surface area contributed by atoms with Crippen molar-refractivity contribution in [3.05, 3.63) is 41.5 Å². The summed E-state index contributed by atoms with van der Waals surface area (Å²) < 4.78 is 5.62. The van der Waals surface area contributed by atoms with Gasteiger partial charge in [-0.25, -0.2) is 4.98 Å². The zero-order chi connectivity index (χ0) is 13.1. The molecule has 0 saturated heterocycles. The van der Waals surface area contributed by atoms with Crippen molar-refractivity contribution in [3.8, 4) is 5.75 Å². The Morgan fingerprint density at radius 1 is 1.05 bits per heavy atom. The van der Waals surface area contributed by atoms with Crippen molar-refractivity contribution in [2.75, 3.05) is 5.73 Å². The molecule has 0 amide bonds. The zero-order valence-corrected chi connectivity index (χ0v) is 10.7. The molecule has 1 aromatic heterocycles. The van der Waals surface area contributed by atoms with Gasteiger partial charge in [-0.1, -0.05) is 12.1 Å². The Morgan fingerprint density at radius 2 is 1.84 bits per heavy atom. The molecule has 3 rings (SSSR count). The summed E-state index contributed by atoms with van der Waals surface area (Å²) >= 11 is 0. The third-order valence-electron chi connectivity index (χ3n) is 3.24. The third kappa shape index (κ3) is 2.65. The van der Waals surface area contributed by atoms with E-state index in [1.54, 1.807) is 6.07 Å². The summed E-state index contributed by atoms with van der Waals surface area (Å²) in [5, 5.41) is 8.34. The van der Waals surface area contributed by atoms with Gasteiger partial charge in [0.25, 0.3) is 0 Å². The Bertz CT molecular complexity index is 585. The molecule has 1 aliphatic carbocycles. The van der Waals surface area contributed by atoms with Gasteiger partial charge in [0.2, 0.25) is 0 Å². The van der Waals surface area contributed by atoms with Crippen LogP contribution in [0.15, 0.2) is 24.3 Å². The quantitative estimate of drug-likeness (QED) is 0.849. The van der Waals surface area contributed by atoms with Crippen LogP contribution >= 0.6 is 0 Å². The van der Waals surface area contributed by atoms with E-state index in [9.17, 15) is 0 Å². The van der Waals surface area contributed by atoms with Crippen molar-refractivity contribution in [1.29, 1.82) is 0 Å². The molecule has 0 spiro atoms. The van der Waals surface area contributed by atoms with Crippen LogP contribution in [0.1, 0.15) is 30.1 Å². The van der Waals surface area contributed by atoms with Gasteiger partial charge in [0.15, 0.2) is 5.82 Å². The van der Waals surface area contributed by atoms with Crippen molar-refractivity contribution < 1.29 is 4.74 Å². The maximum Gasteiger partial charge on any atom is 0.189 e. The lowest BCUT2D eigenvalue weighted by atomic mass is 10.0. The Kier molecular flexibility index (Phi) is 3.27. The zero-order valence-electron chi connectivity index (χ0n) is 10.7. The molecular formula is C14H16N4O. The van der Waals surface area contributed by atoms with Gasteiger partial charge < -0.3 is 10.5 Å². The first-order chi connectivity index (χ1) is 9.33. The van der Waals surface area contributed by atoms with Crippen molar-refractivity contribution in [3.63, 3.8) is 0 Å². The predicted octanol–water partition coefficient (Wildman–Crippen LogP) is 1.91. The number of nitrogen functional groups attached to an aromatic ring is 1. The van der Waals surface area contributed by atoms with Gasteiger partial charge >= 0.3 is 0 Å². The number of rotatable bonds is 3. The number of nitrogens with zero attached hydrogens (tertiary/aromatic N) is 3. The topological polar surface area (TPSA) is 73.9 Å². The number of nitrogens with two attached hydrogens (primary N) is 1. The second kappa shape index (κ2) is 5.22. The molecule has 0 bridgehead atoms. The fraction of sp³-hybridized carbons (Fsp3) is 0.357. The van der Waals surface area contributed by atoms with E-state index in [4.69, 9.17) is 10.5 Å². The molecule has 98 valence electrons. The lowest BCUT2D eigenvalue weighted by Gasteiger charge is -2.13. The normalized spacial score (nSPS) is 13.9. The van der Waals surface area contributed by atoms with Crippen LogP contribution in [-0.2, 0) is 19.4 Å². The molecular weight excluding hydrogens is 240 g/mol. The fourth-order valence-electron chi connectivity index (χ4n) is 2.21. The second-order valence-corrected chi connectivity index (χ2v) is 4.66. The molecule has 0 fully saturated rings. The van der Waals surface area contributed by atoms with E-state index in [0.717, 1.165) is 24.2 Å². The highest BCUT2D eigenvalue weighted by Crippen LogP contribution is 2.21.